The molecule has 2 amide bonds. The molecule has 1 saturated heterocycles. The first-order valence-electron chi connectivity index (χ1n) is 7.95. The van der Waals surface area contributed by atoms with Crippen LogP contribution in [0.5, 0.6) is 0 Å². The van der Waals surface area contributed by atoms with Gasteiger partial charge in [0.2, 0.25) is 5.91 Å². The average molecular weight is 314 g/mol. The minimum Gasteiger partial charge on any atom is -0.444 e. The van der Waals surface area contributed by atoms with Crippen LogP contribution in [0.1, 0.15) is 47.5 Å². The molecule has 1 aliphatic heterocycles. The fraction of sp³-hybridized carbons (Fsp3) is 0.875. The number of hydroxylamine groups is 2. The molecule has 2 rings (SSSR count). The van der Waals surface area contributed by atoms with E-state index >= 15 is 0 Å². The zero-order valence-electron chi connectivity index (χ0n) is 14.9. The van der Waals surface area contributed by atoms with Gasteiger partial charge in [-0.1, -0.05) is 13.8 Å². The Labute approximate surface area is 133 Å². The summed E-state index contributed by atoms with van der Waals surface area (Å²) in [6.45, 7) is 11.0. The molecule has 22 heavy (non-hydrogen) atoms. The Bertz CT molecular complexity index is 403. The molecule has 0 N–H and O–H groups in total. The van der Waals surface area contributed by atoms with Crippen molar-refractivity contribution in [3.63, 3.8) is 0 Å². The quantitative estimate of drug-likeness (QED) is 0.735. The van der Waals surface area contributed by atoms with E-state index in [0.717, 1.165) is 12.8 Å². The van der Waals surface area contributed by atoms with Gasteiger partial charge in [-0.2, -0.15) is 0 Å². The Hall–Kier alpha value is -1.30. The van der Waals surface area contributed by atoms with E-state index in [2.05, 4.69) is 0 Å². The zero-order valence-corrected chi connectivity index (χ0v) is 14.9. The molecule has 0 aromatic carbocycles. The lowest BCUT2D eigenvalue weighted by Crippen LogP contribution is -2.65. The fourth-order valence-electron chi connectivity index (χ4n) is 2.98. The first-order valence-corrected chi connectivity index (χ1v) is 7.95. The highest BCUT2D eigenvalue weighted by molar-refractivity contribution is 5.79. The van der Waals surface area contributed by atoms with Gasteiger partial charge in [-0.25, -0.2) is 9.86 Å². The Kier molecular flexibility index (Phi) is 5.84. The van der Waals surface area contributed by atoms with E-state index in [9.17, 15) is 9.59 Å². The summed E-state index contributed by atoms with van der Waals surface area (Å²) in [5, 5.41) is 1.28. The molecular formula is C16H30N2O4. The number of ether oxygens (including phenoxy) is 1. The van der Waals surface area contributed by atoms with Crippen molar-refractivity contribution < 1.29 is 19.2 Å². The maximum absolute atomic E-state index is 11.9. The summed E-state index contributed by atoms with van der Waals surface area (Å²) in [6, 6.07) is 0. The SMILES string of the molecule is CC.CON(C)C(=O)C1CC2(C1)CN(C(=O)OC(C)(C)C)C2. The minimum atomic E-state index is -0.459. The number of carbonyl (C=O) groups excluding carboxylic acids is 2. The normalized spacial score (nSPS) is 19.5. The molecule has 1 heterocycles. The standard InChI is InChI=1S/C14H24N2O4.C2H6/c1-13(2,3)20-12(18)16-8-14(9-16)6-10(7-14)11(17)15(4)19-5;1-2/h10H,6-9H2,1-5H3;1-2H3. The minimum absolute atomic E-state index is 0.0221. The van der Waals surface area contributed by atoms with Crippen molar-refractivity contribution in [1.82, 2.24) is 9.96 Å². The molecule has 0 aromatic rings. The van der Waals surface area contributed by atoms with Crippen LogP contribution in [0.2, 0.25) is 0 Å². The van der Waals surface area contributed by atoms with Gasteiger partial charge in [0, 0.05) is 31.5 Å². The molecular weight excluding hydrogens is 284 g/mol. The molecule has 0 atom stereocenters. The molecule has 6 nitrogen and oxygen atoms in total. The van der Waals surface area contributed by atoms with Gasteiger partial charge in [0.15, 0.2) is 0 Å². The number of hydrogen-bond acceptors (Lipinski definition) is 4. The van der Waals surface area contributed by atoms with Gasteiger partial charge in [0.1, 0.15) is 5.60 Å². The monoisotopic (exact) mass is 314 g/mol. The van der Waals surface area contributed by atoms with Crippen LogP contribution in [0.15, 0.2) is 0 Å². The second kappa shape index (κ2) is 6.86. The van der Waals surface area contributed by atoms with Gasteiger partial charge in [-0.05, 0) is 33.6 Å². The van der Waals surface area contributed by atoms with Crippen molar-refractivity contribution in [3.8, 4) is 0 Å². The summed E-state index contributed by atoms with van der Waals surface area (Å²) in [4.78, 5) is 30.3. The number of hydrogen-bond donors (Lipinski definition) is 0. The summed E-state index contributed by atoms with van der Waals surface area (Å²) in [5.41, 5.74) is -0.328. The average Bonchev–Trinajstić information content (AvgIpc) is 2.34. The molecule has 0 bridgehead atoms. The Morgan fingerprint density at radius 2 is 1.68 bits per heavy atom. The van der Waals surface area contributed by atoms with Gasteiger partial charge in [-0.15, -0.1) is 0 Å². The molecule has 0 radical (unpaired) electrons. The third-order valence-corrected chi connectivity index (χ3v) is 4.00. The van der Waals surface area contributed by atoms with E-state index in [1.807, 2.05) is 34.6 Å². The number of amides is 2. The van der Waals surface area contributed by atoms with E-state index in [0.29, 0.717) is 13.1 Å². The highest BCUT2D eigenvalue weighted by Crippen LogP contribution is 2.52. The van der Waals surface area contributed by atoms with Crippen LogP contribution >= 0.6 is 0 Å². The van der Waals surface area contributed by atoms with Crippen molar-refractivity contribution >= 4 is 12.0 Å². The van der Waals surface area contributed by atoms with E-state index < -0.39 is 5.60 Å². The summed E-state index contributed by atoms with van der Waals surface area (Å²) < 4.78 is 5.33. The molecule has 6 heteroatoms. The van der Waals surface area contributed by atoms with Gasteiger partial charge in [0.25, 0.3) is 0 Å². The van der Waals surface area contributed by atoms with Crippen LogP contribution < -0.4 is 0 Å². The van der Waals surface area contributed by atoms with Crippen molar-refractivity contribution in [2.75, 3.05) is 27.2 Å². The summed E-state index contributed by atoms with van der Waals surface area (Å²) >= 11 is 0. The van der Waals surface area contributed by atoms with Gasteiger partial charge >= 0.3 is 6.09 Å². The molecule has 1 spiro atoms. The van der Waals surface area contributed by atoms with E-state index in [1.54, 1.807) is 11.9 Å². The van der Waals surface area contributed by atoms with Crippen molar-refractivity contribution in [1.29, 1.82) is 0 Å². The molecule has 128 valence electrons. The van der Waals surface area contributed by atoms with Crippen LogP contribution in [0, 0.1) is 11.3 Å². The topological polar surface area (TPSA) is 59.1 Å². The van der Waals surface area contributed by atoms with Crippen LogP contribution in [0.3, 0.4) is 0 Å². The van der Waals surface area contributed by atoms with E-state index in [-0.39, 0.29) is 23.3 Å². The zero-order chi connectivity index (χ0) is 17.1. The molecule has 0 aromatic heterocycles. The summed E-state index contributed by atoms with van der Waals surface area (Å²) in [6.07, 6.45) is 1.41. The third kappa shape index (κ3) is 4.12. The predicted octanol–water partition coefficient (Wildman–Crippen LogP) is 2.68. The molecule has 1 saturated carbocycles. The predicted molar refractivity (Wildman–Crippen MR) is 84.1 cm³/mol. The molecule has 2 fully saturated rings. The van der Waals surface area contributed by atoms with Crippen molar-refractivity contribution in [2.24, 2.45) is 11.3 Å². The van der Waals surface area contributed by atoms with Crippen LogP contribution in [-0.4, -0.2) is 54.8 Å². The first kappa shape index (κ1) is 18.7. The highest BCUT2D eigenvalue weighted by Gasteiger charge is 2.56. The second-order valence-corrected chi connectivity index (χ2v) is 6.96. The lowest BCUT2D eigenvalue weighted by molar-refractivity contribution is -0.186. The van der Waals surface area contributed by atoms with Crippen LogP contribution in [0.25, 0.3) is 0 Å². The lowest BCUT2D eigenvalue weighted by Gasteiger charge is -2.58. The van der Waals surface area contributed by atoms with Crippen molar-refractivity contribution in [3.05, 3.63) is 0 Å². The number of nitrogens with zero attached hydrogens (tertiary/aromatic N) is 2. The Balaban J connectivity index is 0.00000116. The Morgan fingerprint density at radius 1 is 1.18 bits per heavy atom. The second-order valence-electron chi connectivity index (χ2n) is 6.96. The summed E-state index contributed by atoms with van der Waals surface area (Å²) in [5.74, 6) is 0.0505. The number of likely N-dealkylation sites (tertiary alicyclic amines) is 1. The largest absolute Gasteiger partial charge is 0.444 e. The maximum Gasteiger partial charge on any atom is 0.410 e. The number of carbonyl (C=O) groups is 2. The van der Waals surface area contributed by atoms with E-state index in [4.69, 9.17) is 9.57 Å². The Morgan fingerprint density at radius 3 is 2.09 bits per heavy atom. The van der Waals surface area contributed by atoms with Crippen LogP contribution in [-0.2, 0) is 14.4 Å². The lowest BCUT2D eigenvalue weighted by atomic mass is 9.57. The molecule has 0 unspecified atom stereocenters. The first-order chi connectivity index (χ1) is 10.2. The van der Waals surface area contributed by atoms with Gasteiger partial charge < -0.3 is 9.64 Å². The summed E-state index contributed by atoms with van der Waals surface area (Å²) in [7, 11) is 3.11. The molecule has 2 aliphatic rings. The van der Waals surface area contributed by atoms with Gasteiger partial charge in [-0.3, -0.25) is 9.63 Å². The van der Waals surface area contributed by atoms with E-state index in [1.165, 1.54) is 12.2 Å². The highest BCUT2D eigenvalue weighted by atomic mass is 16.7. The maximum atomic E-state index is 11.9. The van der Waals surface area contributed by atoms with Crippen LogP contribution in [0.4, 0.5) is 4.79 Å². The molecule has 1 aliphatic carbocycles. The smallest absolute Gasteiger partial charge is 0.410 e. The third-order valence-electron chi connectivity index (χ3n) is 4.00. The fourth-order valence-corrected chi connectivity index (χ4v) is 2.98. The van der Waals surface area contributed by atoms with Crippen molar-refractivity contribution in [2.45, 2.75) is 53.1 Å². The van der Waals surface area contributed by atoms with Gasteiger partial charge in [0.05, 0.1) is 7.11 Å². The number of rotatable bonds is 2.